The molecule has 0 aliphatic carbocycles. The Morgan fingerprint density at radius 1 is 1.00 bits per heavy atom. The van der Waals surface area contributed by atoms with Crippen molar-refractivity contribution in [1.82, 2.24) is 15.6 Å². The normalized spacial score (nSPS) is 11.1. The van der Waals surface area contributed by atoms with E-state index >= 15 is 0 Å². The SMILES string of the molecule is CCCNCCNC(=O)c1ccc(S(=O)(=O)Nc2ccncc2)cc1. The summed E-state index contributed by atoms with van der Waals surface area (Å²) in [4.78, 5) is 15.9. The lowest BCUT2D eigenvalue weighted by atomic mass is 10.2. The van der Waals surface area contributed by atoms with Crippen LogP contribution in [0, 0.1) is 0 Å². The molecule has 1 amide bonds. The molecule has 0 unspecified atom stereocenters. The van der Waals surface area contributed by atoms with Crippen molar-refractivity contribution in [1.29, 1.82) is 0 Å². The van der Waals surface area contributed by atoms with Gasteiger partial charge in [-0.15, -0.1) is 0 Å². The number of hydrogen-bond donors (Lipinski definition) is 3. The third-order valence-electron chi connectivity index (χ3n) is 3.37. The van der Waals surface area contributed by atoms with E-state index in [2.05, 4.69) is 27.3 Å². The molecule has 1 heterocycles. The number of nitrogens with one attached hydrogen (secondary N) is 3. The van der Waals surface area contributed by atoms with Crippen molar-refractivity contribution in [2.45, 2.75) is 18.2 Å². The molecule has 25 heavy (non-hydrogen) atoms. The molecule has 0 bridgehead atoms. The predicted octanol–water partition coefficient (Wildman–Crippen LogP) is 1.61. The summed E-state index contributed by atoms with van der Waals surface area (Å²) in [6.07, 6.45) is 4.04. The van der Waals surface area contributed by atoms with Gasteiger partial charge in [0.2, 0.25) is 0 Å². The molecule has 0 atom stereocenters. The van der Waals surface area contributed by atoms with Crippen molar-refractivity contribution >= 4 is 21.6 Å². The Kier molecular flexibility index (Phi) is 6.91. The van der Waals surface area contributed by atoms with E-state index in [0.717, 1.165) is 13.0 Å². The predicted molar refractivity (Wildman–Crippen MR) is 97.0 cm³/mol. The summed E-state index contributed by atoms with van der Waals surface area (Å²) >= 11 is 0. The first-order valence-electron chi connectivity index (χ1n) is 8.05. The maximum Gasteiger partial charge on any atom is 0.261 e. The second-order valence-corrected chi connectivity index (χ2v) is 7.05. The zero-order valence-electron chi connectivity index (χ0n) is 14.0. The Hall–Kier alpha value is -2.45. The van der Waals surface area contributed by atoms with Crippen molar-refractivity contribution in [2.24, 2.45) is 0 Å². The van der Waals surface area contributed by atoms with E-state index in [9.17, 15) is 13.2 Å². The molecule has 2 aromatic rings. The maximum atomic E-state index is 12.3. The highest BCUT2D eigenvalue weighted by atomic mass is 32.2. The van der Waals surface area contributed by atoms with Gasteiger partial charge < -0.3 is 10.6 Å². The van der Waals surface area contributed by atoms with E-state index in [0.29, 0.717) is 24.3 Å². The molecule has 1 aromatic heterocycles. The zero-order valence-corrected chi connectivity index (χ0v) is 14.8. The van der Waals surface area contributed by atoms with Crippen LogP contribution in [-0.2, 0) is 10.0 Å². The van der Waals surface area contributed by atoms with Gasteiger partial charge >= 0.3 is 0 Å². The third-order valence-corrected chi connectivity index (χ3v) is 4.77. The number of nitrogens with zero attached hydrogens (tertiary/aromatic N) is 1. The Labute approximate surface area is 147 Å². The third kappa shape index (κ3) is 5.84. The van der Waals surface area contributed by atoms with Crippen molar-refractivity contribution in [3.05, 3.63) is 54.4 Å². The molecule has 0 aliphatic rings. The molecular weight excluding hydrogens is 340 g/mol. The molecule has 8 heteroatoms. The molecule has 0 saturated heterocycles. The van der Waals surface area contributed by atoms with Crippen LogP contribution in [0.15, 0.2) is 53.7 Å². The summed E-state index contributed by atoms with van der Waals surface area (Å²) in [7, 11) is -3.70. The molecule has 0 fully saturated rings. The highest BCUT2D eigenvalue weighted by molar-refractivity contribution is 7.92. The molecule has 7 nitrogen and oxygen atoms in total. The number of amides is 1. The van der Waals surface area contributed by atoms with Crippen LogP contribution < -0.4 is 15.4 Å². The fraction of sp³-hybridized carbons (Fsp3) is 0.294. The number of sulfonamides is 1. The van der Waals surface area contributed by atoms with Crippen LogP contribution in [0.25, 0.3) is 0 Å². The van der Waals surface area contributed by atoms with E-state index in [4.69, 9.17) is 0 Å². The van der Waals surface area contributed by atoms with Gasteiger partial charge in [0.05, 0.1) is 10.6 Å². The molecule has 1 aromatic carbocycles. The lowest BCUT2D eigenvalue weighted by Crippen LogP contribution is -2.32. The van der Waals surface area contributed by atoms with Crippen LogP contribution in [0.4, 0.5) is 5.69 Å². The lowest BCUT2D eigenvalue weighted by molar-refractivity contribution is 0.0954. The summed E-state index contributed by atoms with van der Waals surface area (Å²) in [5.74, 6) is -0.232. The van der Waals surface area contributed by atoms with Gasteiger partial charge in [-0.2, -0.15) is 0 Å². The standard InChI is InChI=1S/C17H22N4O3S/c1-2-9-18-12-13-20-17(22)14-3-5-16(6-4-14)25(23,24)21-15-7-10-19-11-8-15/h3-8,10-11,18H,2,9,12-13H2,1H3,(H,19,21)(H,20,22). The number of anilines is 1. The average molecular weight is 362 g/mol. The second kappa shape index (κ2) is 9.14. The summed E-state index contributed by atoms with van der Waals surface area (Å²) in [6, 6.07) is 8.94. The number of carbonyl (C=O) groups is 1. The van der Waals surface area contributed by atoms with E-state index in [1.54, 1.807) is 12.1 Å². The highest BCUT2D eigenvalue weighted by Crippen LogP contribution is 2.15. The van der Waals surface area contributed by atoms with Gasteiger partial charge in [0.15, 0.2) is 0 Å². The molecule has 2 rings (SSSR count). The van der Waals surface area contributed by atoms with Crippen LogP contribution in [0.3, 0.4) is 0 Å². The van der Waals surface area contributed by atoms with Crippen LogP contribution in [0.5, 0.6) is 0 Å². The van der Waals surface area contributed by atoms with Gasteiger partial charge in [-0.1, -0.05) is 6.92 Å². The number of rotatable bonds is 9. The minimum Gasteiger partial charge on any atom is -0.351 e. The molecule has 134 valence electrons. The van der Waals surface area contributed by atoms with Gasteiger partial charge in [-0.05, 0) is 49.4 Å². The van der Waals surface area contributed by atoms with Crippen molar-refractivity contribution in [3.8, 4) is 0 Å². The van der Waals surface area contributed by atoms with Crippen molar-refractivity contribution < 1.29 is 13.2 Å². The van der Waals surface area contributed by atoms with Crippen LogP contribution in [0.2, 0.25) is 0 Å². The minimum atomic E-state index is -3.70. The second-order valence-electron chi connectivity index (χ2n) is 5.37. The fourth-order valence-corrected chi connectivity index (χ4v) is 3.15. The number of pyridine rings is 1. The first kappa shape index (κ1) is 18.9. The topological polar surface area (TPSA) is 100 Å². The molecular formula is C17H22N4O3S. The van der Waals surface area contributed by atoms with E-state index in [1.807, 2.05) is 0 Å². The molecule has 0 spiro atoms. The maximum absolute atomic E-state index is 12.3. The smallest absolute Gasteiger partial charge is 0.261 e. The van der Waals surface area contributed by atoms with E-state index in [-0.39, 0.29) is 10.8 Å². The summed E-state index contributed by atoms with van der Waals surface area (Å²) in [5.41, 5.74) is 0.842. The monoisotopic (exact) mass is 362 g/mol. The zero-order chi connectivity index (χ0) is 18.1. The number of carbonyl (C=O) groups excluding carboxylic acids is 1. The van der Waals surface area contributed by atoms with E-state index in [1.165, 1.54) is 36.7 Å². The highest BCUT2D eigenvalue weighted by Gasteiger charge is 2.15. The minimum absolute atomic E-state index is 0.0884. The van der Waals surface area contributed by atoms with Gasteiger partial charge in [0.25, 0.3) is 15.9 Å². The largest absolute Gasteiger partial charge is 0.351 e. The average Bonchev–Trinajstić information content (AvgIpc) is 2.62. The fourth-order valence-electron chi connectivity index (χ4n) is 2.09. The summed E-state index contributed by atoms with van der Waals surface area (Å²) in [6.45, 7) is 4.20. The van der Waals surface area contributed by atoms with Gasteiger partial charge in [-0.25, -0.2) is 8.42 Å². The Morgan fingerprint density at radius 2 is 1.68 bits per heavy atom. The number of aromatic nitrogens is 1. The van der Waals surface area contributed by atoms with Crippen LogP contribution in [0.1, 0.15) is 23.7 Å². The van der Waals surface area contributed by atoms with Crippen molar-refractivity contribution in [2.75, 3.05) is 24.4 Å². The molecule has 3 N–H and O–H groups in total. The first-order chi connectivity index (χ1) is 12.0. The summed E-state index contributed by atoms with van der Waals surface area (Å²) < 4.78 is 27.1. The first-order valence-corrected chi connectivity index (χ1v) is 9.53. The summed E-state index contributed by atoms with van der Waals surface area (Å²) in [5, 5.41) is 5.97. The number of hydrogen-bond acceptors (Lipinski definition) is 5. The molecule has 0 aliphatic heterocycles. The molecule has 0 radical (unpaired) electrons. The Balaban J connectivity index is 1.95. The van der Waals surface area contributed by atoms with Gasteiger partial charge in [0, 0.05) is 31.0 Å². The number of benzene rings is 1. The van der Waals surface area contributed by atoms with E-state index < -0.39 is 10.0 Å². The van der Waals surface area contributed by atoms with Gasteiger partial charge in [-0.3, -0.25) is 14.5 Å². The van der Waals surface area contributed by atoms with Gasteiger partial charge in [0.1, 0.15) is 0 Å². The molecule has 0 saturated carbocycles. The van der Waals surface area contributed by atoms with Crippen LogP contribution in [-0.4, -0.2) is 38.9 Å². The Bertz CT molecular complexity index is 777. The van der Waals surface area contributed by atoms with Crippen LogP contribution >= 0.6 is 0 Å². The Morgan fingerprint density at radius 3 is 2.32 bits per heavy atom. The lowest BCUT2D eigenvalue weighted by Gasteiger charge is -2.09. The van der Waals surface area contributed by atoms with Crippen molar-refractivity contribution in [3.63, 3.8) is 0 Å². The quantitative estimate of drug-likeness (QED) is 0.589.